The van der Waals surface area contributed by atoms with Gasteiger partial charge in [-0.15, -0.1) is 0 Å². The fourth-order valence-corrected chi connectivity index (χ4v) is 3.74. The summed E-state index contributed by atoms with van der Waals surface area (Å²) in [6.07, 6.45) is 2.36. The van der Waals surface area contributed by atoms with Gasteiger partial charge in [-0.2, -0.15) is 0 Å². The van der Waals surface area contributed by atoms with Crippen LogP contribution in [0.5, 0.6) is 0 Å². The van der Waals surface area contributed by atoms with Crippen molar-refractivity contribution in [2.24, 2.45) is 5.73 Å². The van der Waals surface area contributed by atoms with Gasteiger partial charge in [0, 0.05) is 10.6 Å². The van der Waals surface area contributed by atoms with E-state index in [-0.39, 0.29) is 27.9 Å². The number of esters is 1. The van der Waals surface area contributed by atoms with Gasteiger partial charge in [0.2, 0.25) is 0 Å². The maximum Gasteiger partial charge on any atom is 0.344 e. The van der Waals surface area contributed by atoms with Gasteiger partial charge in [-0.05, 0) is 38.3 Å². The van der Waals surface area contributed by atoms with Gasteiger partial charge in [0.05, 0.1) is 22.2 Å². The number of rotatable bonds is 4. The Morgan fingerprint density at radius 2 is 1.96 bits per heavy atom. The topological polar surface area (TPSA) is 78.3 Å². The molecular weight excluding hydrogens is 375 g/mol. The van der Waals surface area contributed by atoms with Gasteiger partial charge in [0.1, 0.15) is 11.3 Å². The van der Waals surface area contributed by atoms with Crippen molar-refractivity contribution < 1.29 is 14.1 Å². The van der Waals surface area contributed by atoms with Crippen LogP contribution in [-0.2, 0) is 10.3 Å². The number of halogens is 3. The number of nitrogens with two attached hydrogens (primary N) is 1. The van der Waals surface area contributed by atoms with E-state index in [0.29, 0.717) is 29.2 Å². The number of hydrogen-bond acceptors (Lipinski definition) is 5. The Balaban J connectivity index is 2.20. The molecule has 0 saturated heterocycles. The Kier molecular flexibility index (Phi) is 4.80. The molecule has 1 aromatic carbocycles. The molecular formula is C16H15Cl3N2O3. The summed E-state index contributed by atoms with van der Waals surface area (Å²) in [6.45, 7) is 1.93. The fourth-order valence-electron chi connectivity index (χ4n) is 2.75. The lowest BCUT2D eigenvalue weighted by Crippen LogP contribution is -2.44. The molecule has 1 fully saturated rings. The summed E-state index contributed by atoms with van der Waals surface area (Å²) in [5.74, 6) is -0.258. The number of aromatic nitrogens is 1. The molecule has 0 spiro atoms. The van der Waals surface area contributed by atoms with E-state index in [0.717, 1.165) is 6.42 Å². The molecule has 1 saturated carbocycles. The molecule has 24 heavy (non-hydrogen) atoms. The van der Waals surface area contributed by atoms with Gasteiger partial charge in [0.25, 0.3) is 0 Å². The molecule has 0 aliphatic heterocycles. The number of carbonyl (C=O) groups excluding carboxylic acids is 1. The molecule has 1 aliphatic rings. The molecule has 2 aromatic rings. The number of benzene rings is 1. The van der Waals surface area contributed by atoms with Crippen molar-refractivity contribution in [2.75, 3.05) is 6.61 Å². The minimum atomic E-state index is -0.723. The molecule has 1 heterocycles. The summed E-state index contributed by atoms with van der Waals surface area (Å²) >= 11 is 18.5. The Hall–Kier alpha value is -1.27. The second-order valence-corrected chi connectivity index (χ2v) is 6.96. The first-order valence-corrected chi connectivity index (χ1v) is 8.62. The molecule has 2 N–H and O–H groups in total. The Morgan fingerprint density at radius 3 is 2.46 bits per heavy atom. The van der Waals surface area contributed by atoms with E-state index in [1.165, 1.54) is 12.1 Å². The molecule has 1 aromatic heterocycles. The Labute approximate surface area is 154 Å². The molecule has 1 aliphatic carbocycles. The highest BCUT2D eigenvalue weighted by Crippen LogP contribution is 2.45. The van der Waals surface area contributed by atoms with Crippen molar-refractivity contribution in [1.82, 2.24) is 5.16 Å². The lowest BCUT2D eigenvalue weighted by Gasteiger charge is -2.35. The number of hydrogen-bond donors (Lipinski definition) is 1. The van der Waals surface area contributed by atoms with Crippen LogP contribution in [0.3, 0.4) is 0 Å². The van der Waals surface area contributed by atoms with Crippen LogP contribution in [0.25, 0.3) is 11.3 Å². The van der Waals surface area contributed by atoms with E-state index >= 15 is 0 Å². The lowest BCUT2D eigenvalue weighted by atomic mass is 9.74. The first-order valence-electron chi connectivity index (χ1n) is 7.48. The maximum absolute atomic E-state index is 12.5. The molecule has 0 amide bonds. The standard InChI is InChI=1S/C16H15Cl3N2O3/c1-2-23-15(22)12-13(11-9(18)6-8(17)7-10(11)19)21-24-14(12)16(20)4-3-5-16/h6-7H,2-5,20H2,1H3. The van der Waals surface area contributed by atoms with Gasteiger partial charge in [-0.3, -0.25) is 0 Å². The second kappa shape index (κ2) is 6.56. The van der Waals surface area contributed by atoms with Crippen LogP contribution < -0.4 is 5.73 Å². The summed E-state index contributed by atoms with van der Waals surface area (Å²) in [4.78, 5) is 12.5. The second-order valence-electron chi connectivity index (χ2n) is 5.71. The summed E-state index contributed by atoms with van der Waals surface area (Å²) < 4.78 is 10.6. The highest BCUT2D eigenvalue weighted by Gasteiger charge is 2.43. The van der Waals surface area contributed by atoms with Crippen molar-refractivity contribution in [3.05, 3.63) is 38.5 Å². The van der Waals surface area contributed by atoms with Crippen LogP contribution in [0, 0.1) is 0 Å². The molecule has 0 unspecified atom stereocenters. The number of ether oxygens (including phenoxy) is 1. The van der Waals surface area contributed by atoms with Gasteiger partial charge in [-0.25, -0.2) is 4.79 Å². The zero-order chi connectivity index (χ0) is 17.5. The summed E-state index contributed by atoms with van der Waals surface area (Å²) in [5, 5.41) is 4.92. The predicted molar refractivity (Wildman–Crippen MR) is 92.6 cm³/mol. The highest BCUT2D eigenvalue weighted by molar-refractivity contribution is 6.42. The third kappa shape index (κ3) is 2.90. The SMILES string of the molecule is CCOC(=O)c1c(-c2c(Cl)cc(Cl)cc2Cl)noc1C1(N)CCC1. The van der Waals surface area contributed by atoms with E-state index in [2.05, 4.69) is 5.16 Å². The van der Waals surface area contributed by atoms with Crippen LogP contribution in [0.2, 0.25) is 15.1 Å². The third-order valence-corrected chi connectivity index (χ3v) is 4.93. The van der Waals surface area contributed by atoms with Gasteiger partial charge < -0.3 is 15.0 Å². The fraction of sp³-hybridized carbons (Fsp3) is 0.375. The van der Waals surface area contributed by atoms with Gasteiger partial charge in [-0.1, -0.05) is 40.0 Å². The minimum absolute atomic E-state index is 0.171. The average molecular weight is 390 g/mol. The normalized spacial score (nSPS) is 15.9. The Morgan fingerprint density at radius 1 is 1.33 bits per heavy atom. The van der Waals surface area contributed by atoms with Crippen LogP contribution in [0.1, 0.15) is 42.3 Å². The third-order valence-electron chi connectivity index (χ3n) is 4.11. The largest absolute Gasteiger partial charge is 0.462 e. The lowest BCUT2D eigenvalue weighted by molar-refractivity contribution is 0.0517. The van der Waals surface area contributed by atoms with Crippen molar-refractivity contribution >= 4 is 40.8 Å². The van der Waals surface area contributed by atoms with Gasteiger partial charge in [0.15, 0.2) is 5.76 Å². The quantitative estimate of drug-likeness (QED) is 0.759. The smallest absolute Gasteiger partial charge is 0.344 e. The van der Waals surface area contributed by atoms with E-state index in [4.69, 9.17) is 49.8 Å². The molecule has 0 atom stereocenters. The summed E-state index contributed by atoms with van der Waals surface area (Å²) in [5.41, 5.74) is 6.35. The van der Waals surface area contributed by atoms with Crippen LogP contribution >= 0.6 is 34.8 Å². The number of nitrogens with zero attached hydrogens (tertiary/aromatic N) is 1. The van der Waals surface area contributed by atoms with Crippen molar-refractivity contribution in [2.45, 2.75) is 31.7 Å². The maximum atomic E-state index is 12.5. The van der Waals surface area contributed by atoms with Crippen molar-refractivity contribution in [3.63, 3.8) is 0 Å². The molecule has 3 rings (SSSR count). The number of carbonyl (C=O) groups is 1. The van der Waals surface area contributed by atoms with Crippen LogP contribution in [-0.4, -0.2) is 17.7 Å². The Bertz CT molecular complexity index is 777. The van der Waals surface area contributed by atoms with Crippen LogP contribution in [0.15, 0.2) is 16.7 Å². The molecule has 5 nitrogen and oxygen atoms in total. The molecule has 8 heteroatoms. The summed E-state index contributed by atoms with van der Waals surface area (Å²) in [6, 6.07) is 3.05. The molecule has 128 valence electrons. The molecule has 0 radical (unpaired) electrons. The van der Waals surface area contributed by atoms with Crippen molar-refractivity contribution in [3.8, 4) is 11.3 Å². The summed E-state index contributed by atoms with van der Waals surface area (Å²) in [7, 11) is 0. The zero-order valence-electron chi connectivity index (χ0n) is 12.9. The predicted octanol–water partition coefficient (Wildman–Crippen LogP) is 4.82. The zero-order valence-corrected chi connectivity index (χ0v) is 15.1. The van der Waals surface area contributed by atoms with E-state index in [1.54, 1.807) is 6.92 Å². The minimum Gasteiger partial charge on any atom is -0.462 e. The first-order chi connectivity index (χ1) is 11.4. The first kappa shape index (κ1) is 17.5. The average Bonchev–Trinajstić information content (AvgIpc) is 2.89. The molecule has 0 bridgehead atoms. The van der Waals surface area contributed by atoms with Crippen LogP contribution in [0.4, 0.5) is 0 Å². The van der Waals surface area contributed by atoms with Crippen molar-refractivity contribution in [1.29, 1.82) is 0 Å². The van der Waals surface area contributed by atoms with E-state index in [1.807, 2.05) is 0 Å². The van der Waals surface area contributed by atoms with E-state index in [9.17, 15) is 4.79 Å². The highest BCUT2D eigenvalue weighted by atomic mass is 35.5. The van der Waals surface area contributed by atoms with E-state index < -0.39 is 11.5 Å². The monoisotopic (exact) mass is 388 g/mol. The van der Waals surface area contributed by atoms with Gasteiger partial charge >= 0.3 is 5.97 Å².